The van der Waals surface area contributed by atoms with Crippen LogP contribution in [0.4, 0.5) is 11.4 Å². The molecule has 0 aliphatic rings. The maximum absolute atomic E-state index is 13.3. The second-order valence-corrected chi connectivity index (χ2v) is 6.75. The van der Waals surface area contributed by atoms with Crippen molar-refractivity contribution < 1.29 is 9.59 Å². The molecule has 0 saturated heterocycles. The number of nitrogens with two attached hydrogens (primary N) is 1. The summed E-state index contributed by atoms with van der Waals surface area (Å²) < 4.78 is 0. The van der Waals surface area contributed by atoms with Crippen molar-refractivity contribution in [2.24, 2.45) is 0 Å². The number of nitrogen functional groups attached to an aromatic ring is 1. The smallest absolute Gasteiger partial charge is 0.303 e. The standard InChI is InChI=1S/C25H20N4O2/c1-2-23(30)29(22-14-8-18(16-26)9-15-22)24(20-10-12-21(27)13-11-20)25(31)28-17-19-6-4-3-5-7-19/h1,3-15,24H,17,27H2,(H,28,31). The Balaban J connectivity index is 2.01. The van der Waals surface area contributed by atoms with E-state index in [-0.39, 0.29) is 6.54 Å². The van der Waals surface area contributed by atoms with Crippen molar-refractivity contribution in [1.29, 1.82) is 5.26 Å². The van der Waals surface area contributed by atoms with Gasteiger partial charge >= 0.3 is 5.91 Å². The number of rotatable bonds is 6. The fourth-order valence-corrected chi connectivity index (χ4v) is 3.13. The van der Waals surface area contributed by atoms with E-state index in [1.807, 2.05) is 36.4 Å². The number of nitriles is 1. The van der Waals surface area contributed by atoms with Gasteiger partial charge in [-0.15, -0.1) is 6.42 Å². The normalized spacial score (nSPS) is 10.9. The Hall–Kier alpha value is -4.55. The number of benzene rings is 3. The molecule has 6 heteroatoms. The van der Waals surface area contributed by atoms with Gasteiger partial charge in [0.15, 0.2) is 0 Å². The van der Waals surface area contributed by atoms with E-state index in [1.165, 1.54) is 4.90 Å². The highest BCUT2D eigenvalue weighted by Crippen LogP contribution is 2.29. The van der Waals surface area contributed by atoms with E-state index in [1.54, 1.807) is 48.5 Å². The van der Waals surface area contributed by atoms with Gasteiger partial charge in [0.25, 0.3) is 0 Å². The van der Waals surface area contributed by atoms with Gasteiger partial charge in [0.2, 0.25) is 5.91 Å². The van der Waals surface area contributed by atoms with Crippen LogP contribution in [0.25, 0.3) is 0 Å². The quantitative estimate of drug-likeness (QED) is 0.483. The van der Waals surface area contributed by atoms with Crippen molar-refractivity contribution in [1.82, 2.24) is 5.32 Å². The number of nitrogens with one attached hydrogen (secondary N) is 1. The number of terminal acetylenes is 1. The minimum absolute atomic E-state index is 0.288. The topological polar surface area (TPSA) is 99.2 Å². The molecule has 6 nitrogen and oxygen atoms in total. The summed E-state index contributed by atoms with van der Waals surface area (Å²) >= 11 is 0. The zero-order valence-corrected chi connectivity index (χ0v) is 16.7. The van der Waals surface area contributed by atoms with E-state index in [0.717, 1.165) is 5.56 Å². The molecule has 152 valence electrons. The molecular formula is C25H20N4O2. The van der Waals surface area contributed by atoms with Gasteiger partial charge in [-0.3, -0.25) is 14.5 Å². The number of amides is 2. The fourth-order valence-electron chi connectivity index (χ4n) is 3.13. The zero-order valence-electron chi connectivity index (χ0n) is 16.7. The van der Waals surface area contributed by atoms with Gasteiger partial charge in [-0.05, 0) is 53.4 Å². The first-order chi connectivity index (χ1) is 15.0. The van der Waals surface area contributed by atoms with Crippen LogP contribution in [0.1, 0.15) is 22.7 Å². The third-order valence-electron chi connectivity index (χ3n) is 4.69. The van der Waals surface area contributed by atoms with Crippen LogP contribution in [0.3, 0.4) is 0 Å². The summed E-state index contributed by atoms with van der Waals surface area (Å²) in [5.74, 6) is 1.02. The lowest BCUT2D eigenvalue weighted by atomic mass is 10.0. The van der Waals surface area contributed by atoms with E-state index in [0.29, 0.717) is 22.5 Å². The number of hydrogen-bond donors (Lipinski definition) is 2. The number of anilines is 2. The van der Waals surface area contributed by atoms with Gasteiger partial charge in [-0.2, -0.15) is 5.26 Å². The summed E-state index contributed by atoms with van der Waals surface area (Å²) in [4.78, 5) is 27.3. The summed E-state index contributed by atoms with van der Waals surface area (Å²) in [6.07, 6.45) is 5.43. The van der Waals surface area contributed by atoms with E-state index >= 15 is 0 Å². The molecule has 1 unspecified atom stereocenters. The van der Waals surface area contributed by atoms with Gasteiger partial charge in [-0.25, -0.2) is 0 Å². The summed E-state index contributed by atoms with van der Waals surface area (Å²) in [5.41, 5.74) is 8.62. The molecule has 3 N–H and O–H groups in total. The Morgan fingerprint density at radius 2 is 1.65 bits per heavy atom. The number of hydrogen-bond acceptors (Lipinski definition) is 4. The van der Waals surface area contributed by atoms with Crippen LogP contribution in [0, 0.1) is 23.7 Å². The molecule has 31 heavy (non-hydrogen) atoms. The van der Waals surface area contributed by atoms with E-state index in [4.69, 9.17) is 17.4 Å². The van der Waals surface area contributed by atoms with Crippen LogP contribution in [0.2, 0.25) is 0 Å². The lowest BCUT2D eigenvalue weighted by Crippen LogP contribution is -2.43. The second kappa shape index (κ2) is 9.78. The van der Waals surface area contributed by atoms with Crippen molar-refractivity contribution in [2.75, 3.05) is 10.6 Å². The predicted octanol–water partition coefficient (Wildman–Crippen LogP) is 3.16. The van der Waals surface area contributed by atoms with Crippen molar-refractivity contribution in [2.45, 2.75) is 12.6 Å². The number of nitrogens with zero attached hydrogens (tertiary/aromatic N) is 2. The minimum atomic E-state index is -1.03. The molecule has 2 amide bonds. The molecule has 0 radical (unpaired) electrons. The third-order valence-corrected chi connectivity index (χ3v) is 4.69. The molecule has 0 aliphatic heterocycles. The van der Waals surface area contributed by atoms with Crippen LogP contribution in [0.5, 0.6) is 0 Å². The SMILES string of the molecule is C#CC(=O)N(c1ccc(C#N)cc1)C(C(=O)NCc1ccccc1)c1ccc(N)cc1. The Kier molecular flexibility index (Phi) is 6.67. The maximum atomic E-state index is 13.3. The third kappa shape index (κ3) is 5.09. The van der Waals surface area contributed by atoms with E-state index in [2.05, 4.69) is 11.2 Å². The second-order valence-electron chi connectivity index (χ2n) is 6.75. The molecule has 0 aliphatic carbocycles. The Bertz CT molecular complexity index is 1140. The van der Waals surface area contributed by atoms with Gasteiger partial charge in [0.1, 0.15) is 6.04 Å². The fraction of sp³-hybridized carbons (Fsp3) is 0.0800. The Labute approximate surface area is 180 Å². The number of carbonyl (C=O) groups excluding carboxylic acids is 2. The molecule has 0 saturated carbocycles. The molecular weight excluding hydrogens is 388 g/mol. The van der Waals surface area contributed by atoms with Gasteiger partial charge < -0.3 is 11.1 Å². The van der Waals surface area contributed by atoms with Crippen LogP contribution in [-0.4, -0.2) is 11.8 Å². The van der Waals surface area contributed by atoms with E-state index in [9.17, 15) is 9.59 Å². The van der Waals surface area contributed by atoms with Crippen LogP contribution < -0.4 is 16.0 Å². The molecule has 0 spiro atoms. The first-order valence-corrected chi connectivity index (χ1v) is 9.50. The van der Waals surface area contributed by atoms with Crippen molar-refractivity contribution in [3.05, 3.63) is 95.6 Å². The molecule has 1 atom stereocenters. The molecule has 0 bridgehead atoms. The molecule has 3 aromatic rings. The van der Waals surface area contributed by atoms with Gasteiger partial charge in [0, 0.05) is 17.9 Å². The van der Waals surface area contributed by atoms with Crippen LogP contribution in [-0.2, 0) is 16.1 Å². The zero-order chi connectivity index (χ0) is 22.2. The first-order valence-electron chi connectivity index (χ1n) is 9.50. The van der Waals surface area contributed by atoms with Crippen molar-refractivity contribution >= 4 is 23.2 Å². The first kappa shape index (κ1) is 21.2. The lowest BCUT2D eigenvalue weighted by Gasteiger charge is -2.30. The molecule has 3 aromatic carbocycles. The molecule has 0 heterocycles. The Morgan fingerprint density at radius 3 is 2.23 bits per heavy atom. The average molecular weight is 408 g/mol. The highest BCUT2D eigenvalue weighted by molar-refractivity contribution is 6.09. The van der Waals surface area contributed by atoms with Gasteiger partial charge in [0.05, 0.1) is 11.6 Å². The van der Waals surface area contributed by atoms with E-state index < -0.39 is 17.9 Å². The Morgan fingerprint density at radius 1 is 1.00 bits per heavy atom. The molecule has 0 aromatic heterocycles. The summed E-state index contributed by atoms with van der Waals surface area (Å²) in [6, 6.07) is 23.4. The van der Waals surface area contributed by atoms with Crippen molar-refractivity contribution in [3.63, 3.8) is 0 Å². The van der Waals surface area contributed by atoms with Crippen LogP contribution >= 0.6 is 0 Å². The highest BCUT2D eigenvalue weighted by Gasteiger charge is 2.32. The monoisotopic (exact) mass is 408 g/mol. The summed E-state index contributed by atoms with van der Waals surface area (Å²) in [5, 5.41) is 11.9. The number of carbonyl (C=O) groups is 2. The predicted molar refractivity (Wildman–Crippen MR) is 119 cm³/mol. The largest absolute Gasteiger partial charge is 0.399 e. The minimum Gasteiger partial charge on any atom is -0.399 e. The van der Waals surface area contributed by atoms with Gasteiger partial charge in [-0.1, -0.05) is 42.5 Å². The molecule has 3 rings (SSSR count). The summed E-state index contributed by atoms with van der Waals surface area (Å²) in [6.45, 7) is 0.288. The van der Waals surface area contributed by atoms with Crippen molar-refractivity contribution in [3.8, 4) is 18.4 Å². The maximum Gasteiger partial charge on any atom is 0.303 e. The lowest BCUT2D eigenvalue weighted by molar-refractivity contribution is -0.125. The van der Waals surface area contributed by atoms with Crippen LogP contribution in [0.15, 0.2) is 78.9 Å². The summed E-state index contributed by atoms with van der Waals surface area (Å²) in [7, 11) is 0. The average Bonchev–Trinajstić information content (AvgIpc) is 2.82. The highest BCUT2D eigenvalue weighted by atomic mass is 16.2. The molecule has 0 fully saturated rings.